The Hall–Kier alpha value is -3.80. The van der Waals surface area contributed by atoms with Crippen LogP contribution in [0, 0.1) is 6.92 Å². The van der Waals surface area contributed by atoms with Crippen molar-refractivity contribution in [2.24, 2.45) is 0 Å². The van der Waals surface area contributed by atoms with Crippen LogP contribution in [0.4, 0.5) is 5.69 Å². The van der Waals surface area contributed by atoms with Gasteiger partial charge in [0.1, 0.15) is 11.4 Å². The van der Waals surface area contributed by atoms with Crippen LogP contribution in [0.5, 0.6) is 5.75 Å². The molecule has 0 atom stereocenters. The number of hydrogen-bond acceptors (Lipinski definition) is 5. The van der Waals surface area contributed by atoms with Crippen LogP contribution >= 0.6 is 0 Å². The van der Waals surface area contributed by atoms with Gasteiger partial charge >= 0.3 is 5.97 Å². The highest BCUT2D eigenvalue weighted by Crippen LogP contribution is 2.27. The number of anilines is 1. The van der Waals surface area contributed by atoms with E-state index in [1.165, 1.54) is 30.5 Å². The molecule has 0 saturated heterocycles. The maximum Gasteiger partial charge on any atom is 0.343 e. The van der Waals surface area contributed by atoms with Crippen molar-refractivity contribution in [3.63, 3.8) is 0 Å². The molecule has 6 nitrogen and oxygen atoms in total. The number of aromatic nitrogens is 1. The van der Waals surface area contributed by atoms with E-state index in [1.807, 2.05) is 19.1 Å². The van der Waals surface area contributed by atoms with Gasteiger partial charge in [0.2, 0.25) is 0 Å². The fourth-order valence-electron chi connectivity index (χ4n) is 2.82. The fraction of sp³-hybridized carbons (Fsp3) is 0.0476. The van der Waals surface area contributed by atoms with E-state index in [0.717, 1.165) is 10.5 Å². The lowest BCUT2D eigenvalue weighted by atomic mass is 10.2. The van der Waals surface area contributed by atoms with Crippen LogP contribution in [0.25, 0.3) is 0 Å². The Morgan fingerprint density at radius 1 is 0.926 bits per heavy atom. The summed E-state index contributed by atoms with van der Waals surface area (Å²) in [7, 11) is 0. The maximum absolute atomic E-state index is 12.5. The largest absolute Gasteiger partial charge is 0.423 e. The van der Waals surface area contributed by atoms with Crippen LogP contribution < -0.4 is 9.64 Å². The molecule has 0 N–H and O–H groups in total. The molecule has 3 aromatic rings. The van der Waals surface area contributed by atoms with E-state index in [-0.39, 0.29) is 11.3 Å². The van der Waals surface area contributed by atoms with Crippen molar-refractivity contribution in [1.82, 2.24) is 4.98 Å². The Balaban J connectivity index is 1.54. The number of pyridine rings is 1. The number of rotatable bonds is 3. The molecule has 132 valence electrons. The van der Waals surface area contributed by atoms with Gasteiger partial charge in [-0.05, 0) is 55.5 Å². The van der Waals surface area contributed by atoms with E-state index in [2.05, 4.69) is 4.98 Å². The second-order valence-corrected chi connectivity index (χ2v) is 6.09. The number of imide groups is 1. The van der Waals surface area contributed by atoms with Crippen LogP contribution in [0.15, 0.2) is 66.9 Å². The van der Waals surface area contributed by atoms with Gasteiger partial charge in [-0.3, -0.25) is 14.6 Å². The van der Waals surface area contributed by atoms with Crippen molar-refractivity contribution in [2.75, 3.05) is 4.90 Å². The molecule has 2 amide bonds. The van der Waals surface area contributed by atoms with Crippen LogP contribution in [0.2, 0.25) is 0 Å². The first-order valence-electron chi connectivity index (χ1n) is 8.27. The number of hydrogen-bond donors (Lipinski definition) is 0. The molecule has 0 radical (unpaired) electrons. The molecular weight excluding hydrogens is 344 g/mol. The van der Waals surface area contributed by atoms with Crippen molar-refractivity contribution in [3.05, 3.63) is 89.2 Å². The summed E-state index contributed by atoms with van der Waals surface area (Å²) in [4.78, 5) is 42.2. The Morgan fingerprint density at radius 3 is 2.30 bits per heavy atom. The molecule has 0 saturated carbocycles. The van der Waals surface area contributed by atoms with E-state index < -0.39 is 17.8 Å². The molecule has 1 aromatic heterocycles. The molecule has 0 fully saturated rings. The topological polar surface area (TPSA) is 76.6 Å². The van der Waals surface area contributed by atoms with Gasteiger partial charge in [-0.15, -0.1) is 0 Å². The minimum Gasteiger partial charge on any atom is -0.423 e. The van der Waals surface area contributed by atoms with Gasteiger partial charge in [0.15, 0.2) is 0 Å². The minimum absolute atomic E-state index is 0.130. The zero-order valence-electron chi connectivity index (χ0n) is 14.4. The summed E-state index contributed by atoms with van der Waals surface area (Å²) in [5, 5.41) is 0. The molecule has 1 aliphatic rings. The lowest BCUT2D eigenvalue weighted by molar-refractivity contribution is 0.0734. The minimum atomic E-state index is -0.519. The monoisotopic (exact) mass is 358 g/mol. The number of ether oxygens (including phenoxy) is 1. The van der Waals surface area contributed by atoms with Gasteiger partial charge in [0, 0.05) is 6.20 Å². The zero-order valence-corrected chi connectivity index (χ0v) is 14.4. The quantitative estimate of drug-likeness (QED) is 0.407. The molecule has 0 unspecified atom stereocenters. The van der Waals surface area contributed by atoms with Crippen LogP contribution in [-0.2, 0) is 0 Å². The third kappa shape index (κ3) is 2.97. The summed E-state index contributed by atoms with van der Waals surface area (Å²) in [5.74, 6) is -0.987. The Bertz CT molecular complexity index is 1020. The third-order valence-corrected chi connectivity index (χ3v) is 4.24. The lowest BCUT2D eigenvalue weighted by Gasteiger charge is -2.14. The van der Waals surface area contributed by atoms with E-state index >= 15 is 0 Å². The SMILES string of the molecule is Cc1ccc(OC(=O)c2ccc(N3C(=O)c4cccnc4C3=O)cc2)cc1. The summed E-state index contributed by atoms with van der Waals surface area (Å²) in [6, 6.07) is 16.4. The fourth-order valence-corrected chi connectivity index (χ4v) is 2.82. The van der Waals surface area contributed by atoms with E-state index in [4.69, 9.17) is 4.74 Å². The predicted octanol–water partition coefficient (Wildman–Crippen LogP) is 3.41. The summed E-state index contributed by atoms with van der Waals surface area (Å²) < 4.78 is 5.32. The van der Waals surface area contributed by atoms with Crippen LogP contribution in [0.3, 0.4) is 0 Å². The first-order chi connectivity index (χ1) is 13.0. The van der Waals surface area contributed by atoms with E-state index in [9.17, 15) is 14.4 Å². The standard InChI is InChI=1S/C21H14N2O4/c1-13-4-10-16(11-5-13)27-21(26)14-6-8-15(9-7-14)23-19(24)17-3-2-12-22-18(17)20(23)25/h2-12H,1H3. The highest BCUT2D eigenvalue weighted by Gasteiger charge is 2.37. The molecule has 27 heavy (non-hydrogen) atoms. The molecule has 1 aliphatic heterocycles. The average molecular weight is 358 g/mol. The van der Waals surface area contributed by atoms with Crippen molar-refractivity contribution in [3.8, 4) is 5.75 Å². The number of carbonyl (C=O) groups excluding carboxylic acids is 3. The van der Waals surface area contributed by atoms with Crippen LogP contribution in [-0.4, -0.2) is 22.8 Å². The lowest BCUT2D eigenvalue weighted by Crippen LogP contribution is -2.29. The first kappa shape index (κ1) is 16.7. The van der Waals surface area contributed by atoms with Gasteiger partial charge < -0.3 is 4.74 Å². The van der Waals surface area contributed by atoms with Gasteiger partial charge in [-0.25, -0.2) is 9.69 Å². The number of amides is 2. The number of nitrogens with zero attached hydrogens (tertiary/aromatic N) is 2. The molecule has 4 rings (SSSR count). The van der Waals surface area contributed by atoms with E-state index in [0.29, 0.717) is 17.0 Å². The Labute approximate surface area is 155 Å². The number of esters is 1. The number of aryl methyl sites for hydroxylation is 1. The maximum atomic E-state index is 12.5. The molecule has 2 aromatic carbocycles. The van der Waals surface area contributed by atoms with Crippen LogP contribution in [0.1, 0.15) is 36.8 Å². The smallest absolute Gasteiger partial charge is 0.343 e. The molecular formula is C21H14N2O4. The van der Waals surface area contributed by atoms with Crippen molar-refractivity contribution >= 4 is 23.5 Å². The van der Waals surface area contributed by atoms with Crippen molar-refractivity contribution < 1.29 is 19.1 Å². The number of carbonyl (C=O) groups is 3. The summed E-state index contributed by atoms with van der Waals surface area (Å²) in [6.07, 6.45) is 1.47. The van der Waals surface area contributed by atoms with E-state index in [1.54, 1.807) is 24.3 Å². The number of benzene rings is 2. The first-order valence-corrected chi connectivity index (χ1v) is 8.27. The Kier molecular flexibility index (Phi) is 4.01. The predicted molar refractivity (Wildman–Crippen MR) is 98.0 cm³/mol. The third-order valence-electron chi connectivity index (χ3n) is 4.24. The summed E-state index contributed by atoms with van der Waals surface area (Å²) in [5.41, 5.74) is 2.15. The second kappa shape index (κ2) is 6.49. The average Bonchev–Trinajstić information content (AvgIpc) is 2.95. The highest BCUT2D eigenvalue weighted by atomic mass is 16.5. The Morgan fingerprint density at radius 2 is 1.63 bits per heavy atom. The van der Waals surface area contributed by atoms with Gasteiger partial charge in [-0.1, -0.05) is 17.7 Å². The van der Waals surface area contributed by atoms with Crippen molar-refractivity contribution in [1.29, 1.82) is 0 Å². The van der Waals surface area contributed by atoms with Gasteiger partial charge in [0.25, 0.3) is 11.8 Å². The highest BCUT2D eigenvalue weighted by molar-refractivity contribution is 6.33. The normalized spacial score (nSPS) is 12.9. The molecule has 0 aliphatic carbocycles. The molecule has 0 bridgehead atoms. The summed E-state index contributed by atoms with van der Waals surface area (Å²) >= 11 is 0. The van der Waals surface area contributed by atoms with Crippen molar-refractivity contribution in [2.45, 2.75) is 6.92 Å². The summed E-state index contributed by atoms with van der Waals surface area (Å²) in [6.45, 7) is 1.94. The second-order valence-electron chi connectivity index (χ2n) is 6.09. The molecule has 6 heteroatoms. The molecule has 2 heterocycles. The molecule has 0 spiro atoms. The zero-order chi connectivity index (χ0) is 19.0. The number of fused-ring (bicyclic) bond motifs is 1. The van der Waals surface area contributed by atoms with Gasteiger partial charge in [-0.2, -0.15) is 0 Å². The van der Waals surface area contributed by atoms with Gasteiger partial charge in [0.05, 0.1) is 16.8 Å².